The van der Waals surface area contributed by atoms with Gasteiger partial charge in [0.25, 0.3) is 5.91 Å². The van der Waals surface area contributed by atoms with E-state index in [-0.39, 0.29) is 11.7 Å². The summed E-state index contributed by atoms with van der Waals surface area (Å²) in [6.45, 7) is 1.79. The number of rotatable bonds is 3. The van der Waals surface area contributed by atoms with Crippen LogP contribution in [0.1, 0.15) is 22.2 Å². The van der Waals surface area contributed by atoms with E-state index in [0.29, 0.717) is 10.6 Å². The zero-order valence-electron chi connectivity index (χ0n) is 9.75. The van der Waals surface area contributed by atoms with Gasteiger partial charge in [0.1, 0.15) is 5.75 Å². The Kier molecular flexibility index (Phi) is 3.74. The van der Waals surface area contributed by atoms with Gasteiger partial charge in [-0.2, -0.15) is 5.10 Å². The number of amides is 1. The summed E-state index contributed by atoms with van der Waals surface area (Å²) in [7, 11) is 0. The van der Waals surface area contributed by atoms with Crippen LogP contribution < -0.4 is 5.43 Å². The first-order chi connectivity index (χ1) is 8.66. The van der Waals surface area contributed by atoms with Gasteiger partial charge >= 0.3 is 0 Å². The average molecular weight is 260 g/mol. The molecule has 4 nitrogen and oxygen atoms in total. The second kappa shape index (κ2) is 5.46. The molecule has 0 atom stereocenters. The summed E-state index contributed by atoms with van der Waals surface area (Å²) >= 11 is 1.37. The highest BCUT2D eigenvalue weighted by molar-refractivity contribution is 7.12. The van der Waals surface area contributed by atoms with Crippen LogP contribution in [-0.2, 0) is 0 Å². The van der Waals surface area contributed by atoms with Crippen LogP contribution in [0.4, 0.5) is 0 Å². The SMILES string of the molecule is C/C(=N\NC(=O)c1cccs1)c1ccc(O)cc1. The molecule has 0 aliphatic heterocycles. The molecule has 0 unspecified atom stereocenters. The van der Waals surface area contributed by atoms with Crippen LogP contribution in [0.5, 0.6) is 5.75 Å². The van der Waals surface area contributed by atoms with Crippen molar-refractivity contribution in [2.45, 2.75) is 6.92 Å². The predicted octanol–water partition coefficient (Wildman–Crippen LogP) is 2.61. The van der Waals surface area contributed by atoms with Crippen molar-refractivity contribution in [2.75, 3.05) is 0 Å². The molecule has 92 valence electrons. The number of carbonyl (C=O) groups excluding carboxylic acids is 1. The third-order valence-electron chi connectivity index (χ3n) is 2.36. The number of aromatic hydroxyl groups is 1. The molecular formula is C13H12N2O2S. The normalized spacial score (nSPS) is 11.3. The van der Waals surface area contributed by atoms with Gasteiger partial charge in [-0.05, 0) is 48.2 Å². The summed E-state index contributed by atoms with van der Waals surface area (Å²) in [4.78, 5) is 12.3. The van der Waals surface area contributed by atoms with Crippen molar-refractivity contribution < 1.29 is 9.90 Å². The third kappa shape index (κ3) is 2.95. The van der Waals surface area contributed by atoms with Crippen LogP contribution in [0.3, 0.4) is 0 Å². The highest BCUT2D eigenvalue weighted by atomic mass is 32.1. The van der Waals surface area contributed by atoms with Gasteiger partial charge in [-0.3, -0.25) is 4.79 Å². The van der Waals surface area contributed by atoms with Crippen LogP contribution in [0.2, 0.25) is 0 Å². The van der Waals surface area contributed by atoms with Crippen LogP contribution >= 0.6 is 11.3 Å². The van der Waals surface area contributed by atoms with E-state index in [1.165, 1.54) is 11.3 Å². The number of hydrogen-bond donors (Lipinski definition) is 2. The summed E-state index contributed by atoms with van der Waals surface area (Å²) in [5, 5.41) is 15.0. The van der Waals surface area contributed by atoms with Crippen molar-refractivity contribution in [2.24, 2.45) is 5.10 Å². The molecule has 2 N–H and O–H groups in total. The summed E-state index contributed by atoms with van der Waals surface area (Å²) in [5.41, 5.74) is 4.02. The Morgan fingerprint density at radius 3 is 2.61 bits per heavy atom. The minimum Gasteiger partial charge on any atom is -0.508 e. The van der Waals surface area contributed by atoms with Crippen molar-refractivity contribution in [1.29, 1.82) is 0 Å². The number of thiophene rings is 1. The van der Waals surface area contributed by atoms with E-state index >= 15 is 0 Å². The zero-order valence-corrected chi connectivity index (χ0v) is 10.6. The Morgan fingerprint density at radius 2 is 2.00 bits per heavy atom. The highest BCUT2D eigenvalue weighted by Crippen LogP contribution is 2.11. The number of nitrogens with one attached hydrogen (secondary N) is 1. The van der Waals surface area contributed by atoms with Crippen LogP contribution in [0.25, 0.3) is 0 Å². The maximum atomic E-state index is 11.6. The lowest BCUT2D eigenvalue weighted by atomic mass is 10.1. The van der Waals surface area contributed by atoms with E-state index in [4.69, 9.17) is 0 Å². The highest BCUT2D eigenvalue weighted by Gasteiger charge is 2.05. The Morgan fingerprint density at radius 1 is 1.28 bits per heavy atom. The van der Waals surface area contributed by atoms with Crippen molar-refractivity contribution in [3.63, 3.8) is 0 Å². The fraction of sp³-hybridized carbons (Fsp3) is 0.0769. The van der Waals surface area contributed by atoms with Crippen LogP contribution in [0, 0.1) is 0 Å². The van der Waals surface area contributed by atoms with E-state index in [1.807, 2.05) is 11.4 Å². The molecule has 0 saturated heterocycles. The molecular weight excluding hydrogens is 248 g/mol. The molecule has 1 heterocycles. The number of nitrogens with zero attached hydrogens (tertiary/aromatic N) is 1. The summed E-state index contributed by atoms with van der Waals surface area (Å²) in [6.07, 6.45) is 0. The lowest BCUT2D eigenvalue weighted by molar-refractivity contribution is 0.0959. The minimum atomic E-state index is -0.219. The second-order valence-corrected chi connectivity index (χ2v) is 4.61. The molecule has 1 aromatic heterocycles. The zero-order chi connectivity index (χ0) is 13.0. The maximum Gasteiger partial charge on any atom is 0.281 e. The summed E-state index contributed by atoms with van der Waals surface area (Å²) in [5.74, 6) is -0.0164. The molecule has 5 heteroatoms. The molecule has 0 radical (unpaired) electrons. The molecule has 0 aliphatic rings. The lowest BCUT2D eigenvalue weighted by Gasteiger charge is -2.02. The van der Waals surface area contributed by atoms with Crippen molar-refractivity contribution in [1.82, 2.24) is 5.43 Å². The predicted molar refractivity (Wildman–Crippen MR) is 72.1 cm³/mol. The number of benzene rings is 1. The monoisotopic (exact) mass is 260 g/mol. The number of phenolic OH excluding ortho intramolecular Hbond substituents is 1. The Hall–Kier alpha value is -2.14. The molecule has 0 fully saturated rings. The van der Waals surface area contributed by atoms with Gasteiger partial charge in [0.05, 0.1) is 10.6 Å². The van der Waals surface area contributed by atoms with E-state index in [1.54, 1.807) is 37.3 Å². The molecule has 2 aromatic rings. The molecule has 0 saturated carbocycles. The van der Waals surface area contributed by atoms with E-state index in [2.05, 4.69) is 10.5 Å². The first-order valence-corrected chi connectivity index (χ1v) is 6.22. The quantitative estimate of drug-likeness (QED) is 0.658. The molecule has 1 amide bonds. The summed E-state index contributed by atoms with van der Waals surface area (Å²) in [6, 6.07) is 10.2. The Labute approximate surface area is 109 Å². The van der Waals surface area contributed by atoms with Gasteiger partial charge in [0.15, 0.2) is 0 Å². The number of carbonyl (C=O) groups is 1. The van der Waals surface area contributed by atoms with Gasteiger partial charge in [0, 0.05) is 0 Å². The molecule has 1 aromatic carbocycles. The van der Waals surface area contributed by atoms with E-state index in [0.717, 1.165) is 5.56 Å². The van der Waals surface area contributed by atoms with E-state index in [9.17, 15) is 9.90 Å². The largest absolute Gasteiger partial charge is 0.508 e. The maximum absolute atomic E-state index is 11.6. The van der Waals surface area contributed by atoms with Crippen LogP contribution in [-0.4, -0.2) is 16.7 Å². The third-order valence-corrected chi connectivity index (χ3v) is 3.22. The first kappa shape index (κ1) is 12.3. The fourth-order valence-corrected chi connectivity index (χ4v) is 1.98. The molecule has 18 heavy (non-hydrogen) atoms. The molecule has 0 spiro atoms. The van der Waals surface area contributed by atoms with Gasteiger partial charge in [-0.1, -0.05) is 6.07 Å². The van der Waals surface area contributed by atoms with Gasteiger partial charge in [-0.25, -0.2) is 5.43 Å². The summed E-state index contributed by atoms with van der Waals surface area (Å²) < 4.78 is 0. The van der Waals surface area contributed by atoms with Gasteiger partial charge in [-0.15, -0.1) is 11.3 Å². The minimum absolute atomic E-state index is 0.203. The van der Waals surface area contributed by atoms with Crippen LogP contribution in [0.15, 0.2) is 46.9 Å². The van der Waals surface area contributed by atoms with E-state index < -0.39 is 0 Å². The Bertz CT molecular complexity index is 559. The second-order valence-electron chi connectivity index (χ2n) is 3.66. The molecule has 0 bridgehead atoms. The molecule has 2 rings (SSSR count). The smallest absolute Gasteiger partial charge is 0.281 e. The van der Waals surface area contributed by atoms with Crippen molar-refractivity contribution >= 4 is 23.0 Å². The Balaban J connectivity index is 2.05. The number of phenols is 1. The standard InChI is InChI=1S/C13H12N2O2S/c1-9(10-4-6-11(16)7-5-10)14-15-13(17)12-3-2-8-18-12/h2-8,16H,1H3,(H,15,17)/b14-9+. The van der Waals surface area contributed by atoms with Crippen molar-refractivity contribution in [3.8, 4) is 5.75 Å². The number of hydrogen-bond acceptors (Lipinski definition) is 4. The first-order valence-electron chi connectivity index (χ1n) is 5.34. The van der Waals surface area contributed by atoms with Gasteiger partial charge < -0.3 is 5.11 Å². The fourth-order valence-electron chi connectivity index (χ4n) is 1.36. The molecule has 0 aliphatic carbocycles. The van der Waals surface area contributed by atoms with Crippen molar-refractivity contribution in [3.05, 3.63) is 52.2 Å². The lowest BCUT2D eigenvalue weighted by Crippen LogP contribution is -2.18. The topological polar surface area (TPSA) is 61.7 Å². The number of hydrazone groups is 1. The average Bonchev–Trinajstić information content (AvgIpc) is 2.90. The van der Waals surface area contributed by atoms with Gasteiger partial charge in [0.2, 0.25) is 0 Å².